The van der Waals surface area contributed by atoms with Crippen LogP contribution in [-0.4, -0.2) is 18.0 Å². The van der Waals surface area contributed by atoms with Crippen molar-refractivity contribution >= 4 is 23.2 Å². The molecule has 0 heterocycles. The Morgan fingerprint density at radius 1 is 1.21 bits per heavy atom. The molecule has 1 fully saturated rings. The van der Waals surface area contributed by atoms with Crippen LogP contribution < -0.4 is 10.6 Å². The lowest BCUT2D eigenvalue weighted by Crippen LogP contribution is -2.47. The lowest BCUT2D eigenvalue weighted by molar-refractivity contribution is -0.115. The maximum absolute atomic E-state index is 11.9. The SMILES string of the molecule is CC1(NCC(=O)Nc2ccc(Cl)cc2)CCCCC1. The number of hydrogen-bond donors (Lipinski definition) is 2. The number of rotatable bonds is 4. The molecule has 2 rings (SSSR count). The molecule has 3 nitrogen and oxygen atoms in total. The molecular weight excluding hydrogens is 260 g/mol. The van der Waals surface area contributed by atoms with E-state index in [9.17, 15) is 4.79 Å². The van der Waals surface area contributed by atoms with E-state index in [1.54, 1.807) is 12.1 Å². The normalized spacial score (nSPS) is 18.0. The molecule has 0 aromatic heterocycles. The van der Waals surface area contributed by atoms with Gasteiger partial charge in [-0.3, -0.25) is 4.79 Å². The summed E-state index contributed by atoms with van der Waals surface area (Å²) in [5.74, 6) is -0.00544. The molecule has 1 amide bonds. The molecule has 1 aromatic rings. The zero-order chi connectivity index (χ0) is 13.7. The molecular formula is C15H21ClN2O. The maximum atomic E-state index is 11.9. The van der Waals surface area contributed by atoms with E-state index in [-0.39, 0.29) is 11.4 Å². The first kappa shape index (κ1) is 14.4. The highest BCUT2D eigenvalue weighted by Gasteiger charge is 2.26. The summed E-state index contributed by atoms with van der Waals surface area (Å²) in [6.07, 6.45) is 6.13. The number of halogens is 1. The largest absolute Gasteiger partial charge is 0.325 e. The van der Waals surface area contributed by atoms with Crippen molar-refractivity contribution < 1.29 is 4.79 Å². The number of nitrogens with one attached hydrogen (secondary N) is 2. The third-order valence-corrected chi connectivity index (χ3v) is 4.01. The number of amides is 1. The fourth-order valence-corrected chi connectivity index (χ4v) is 2.67. The van der Waals surface area contributed by atoms with E-state index in [1.807, 2.05) is 12.1 Å². The van der Waals surface area contributed by atoms with Gasteiger partial charge in [-0.2, -0.15) is 0 Å². The average molecular weight is 281 g/mol. The van der Waals surface area contributed by atoms with Gasteiger partial charge in [-0.05, 0) is 44.0 Å². The number of carbonyl (C=O) groups excluding carboxylic acids is 1. The predicted molar refractivity (Wildman–Crippen MR) is 79.6 cm³/mol. The summed E-state index contributed by atoms with van der Waals surface area (Å²) in [6.45, 7) is 2.57. The van der Waals surface area contributed by atoms with Crippen LogP contribution >= 0.6 is 11.6 Å². The number of benzene rings is 1. The third-order valence-electron chi connectivity index (χ3n) is 3.76. The standard InChI is InChI=1S/C15H21ClN2O/c1-15(9-3-2-4-10-15)17-11-14(19)18-13-7-5-12(16)6-8-13/h5-8,17H,2-4,9-11H2,1H3,(H,18,19). The van der Waals surface area contributed by atoms with Crippen LogP contribution in [0.2, 0.25) is 5.02 Å². The van der Waals surface area contributed by atoms with Gasteiger partial charge in [0.25, 0.3) is 0 Å². The second kappa shape index (κ2) is 6.40. The quantitative estimate of drug-likeness (QED) is 0.885. The molecule has 1 aromatic carbocycles. The van der Waals surface area contributed by atoms with Gasteiger partial charge in [0.2, 0.25) is 5.91 Å². The van der Waals surface area contributed by atoms with Crippen LogP contribution in [0.3, 0.4) is 0 Å². The van der Waals surface area contributed by atoms with E-state index < -0.39 is 0 Å². The van der Waals surface area contributed by atoms with Crippen LogP contribution in [0.1, 0.15) is 39.0 Å². The van der Waals surface area contributed by atoms with Gasteiger partial charge in [0, 0.05) is 16.2 Å². The first-order chi connectivity index (χ1) is 9.07. The van der Waals surface area contributed by atoms with Crippen LogP contribution in [0, 0.1) is 0 Å². The first-order valence-electron chi connectivity index (χ1n) is 6.88. The molecule has 104 valence electrons. The Kier molecular flexibility index (Phi) is 4.83. The van der Waals surface area contributed by atoms with Crippen molar-refractivity contribution in [2.75, 3.05) is 11.9 Å². The summed E-state index contributed by atoms with van der Waals surface area (Å²) in [5.41, 5.74) is 0.903. The van der Waals surface area contributed by atoms with E-state index in [2.05, 4.69) is 17.6 Å². The summed E-state index contributed by atoms with van der Waals surface area (Å²) >= 11 is 5.80. The Labute approximate surface area is 119 Å². The Hall–Kier alpha value is -1.06. The van der Waals surface area contributed by atoms with Crippen LogP contribution in [0.5, 0.6) is 0 Å². The van der Waals surface area contributed by atoms with E-state index in [0.717, 1.165) is 18.5 Å². The van der Waals surface area contributed by atoms with E-state index in [4.69, 9.17) is 11.6 Å². The topological polar surface area (TPSA) is 41.1 Å². The number of anilines is 1. The summed E-state index contributed by atoms with van der Waals surface area (Å²) in [4.78, 5) is 11.9. The fourth-order valence-electron chi connectivity index (χ4n) is 2.54. The molecule has 0 atom stereocenters. The van der Waals surface area contributed by atoms with Crippen LogP contribution in [0.15, 0.2) is 24.3 Å². The Morgan fingerprint density at radius 3 is 2.47 bits per heavy atom. The van der Waals surface area contributed by atoms with Gasteiger partial charge < -0.3 is 10.6 Å². The van der Waals surface area contributed by atoms with Gasteiger partial charge in [-0.15, -0.1) is 0 Å². The minimum Gasteiger partial charge on any atom is -0.325 e. The van der Waals surface area contributed by atoms with E-state index in [0.29, 0.717) is 11.6 Å². The zero-order valence-electron chi connectivity index (χ0n) is 11.3. The molecule has 0 aliphatic heterocycles. The highest BCUT2D eigenvalue weighted by Crippen LogP contribution is 2.27. The molecule has 0 spiro atoms. The monoisotopic (exact) mass is 280 g/mol. The second-order valence-corrected chi connectivity index (χ2v) is 5.97. The van der Waals surface area contributed by atoms with Crippen molar-refractivity contribution in [2.24, 2.45) is 0 Å². The molecule has 19 heavy (non-hydrogen) atoms. The number of hydrogen-bond acceptors (Lipinski definition) is 2. The van der Waals surface area contributed by atoms with Crippen molar-refractivity contribution in [3.05, 3.63) is 29.3 Å². The number of carbonyl (C=O) groups is 1. The lowest BCUT2D eigenvalue weighted by atomic mass is 9.83. The van der Waals surface area contributed by atoms with Crippen molar-refractivity contribution in [1.82, 2.24) is 5.32 Å². The molecule has 4 heteroatoms. The summed E-state index contributed by atoms with van der Waals surface area (Å²) in [7, 11) is 0. The minimum atomic E-state index is -0.00544. The maximum Gasteiger partial charge on any atom is 0.238 e. The van der Waals surface area contributed by atoms with Gasteiger partial charge in [0.05, 0.1) is 6.54 Å². The van der Waals surface area contributed by atoms with Crippen molar-refractivity contribution in [3.8, 4) is 0 Å². The zero-order valence-corrected chi connectivity index (χ0v) is 12.1. The lowest BCUT2D eigenvalue weighted by Gasteiger charge is -2.34. The van der Waals surface area contributed by atoms with Gasteiger partial charge in [-0.25, -0.2) is 0 Å². The van der Waals surface area contributed by atoms with E-state index >= 15 is 0 Å². The van der Waals surface area contributed by atoms with Gasteiger partial charge in [0.15, 0.2) is 0 Å². The highest BCUT2D eigenvalue weighted by atomic mass is 35.5. The predicted octanol–water partition coefficient (Wildman–Crippen LogP) is 3.59. The fraction of sp³-hybridized carbons (Fsp3) is 0.533. The minimum absolute atomic E-state index is 0.00544. The van der Waals surface area contributed by atoms with Crippen molar-refractivity contribution in [3.63, 3.8) is 0 Å². The second-order valence-electron chi connectivity index (χ2n) is 5.53. The Morgan fingerprint density at radius 2 is 1.84 bits per heavy atom. The van der Waals surface area contributed by atoms with Gasteiger partial charge in [0.1, 0.15) is 0 Å². The third kappa shape index (κ3) is 4.51. The molecule has 2 N–H and O–H groups in total. The summed E-state index contributed by atoms with van der Waals surface area (Å²) in [6, 6.07) is 7.16. The average Bonchev–Trinajstić information content (AvgIpc) is 2.40. The molecule has 0 radical (unpaired) electrons. The van der Waals surface area contributed by atoms with Gasteiger partial charge >= 0.3 is 0 Å². The van der Waals surface area contributed by atoms with Crippen LogP contribution in [0.25, 0.3) is 0 Å². The van der Waals surface area contributed by atoms with Gasteiger partial charge in [-0.1, -0.05) is 30.9 Å². The molecule has 1 saturated carbocycles. The molecule has 0 bridgehead atoms. The smallest absolute Gasteiger partial charge is 0.238 e. The molecule has 0 saturated heterocycles. The van der Waals surface area contributed by atoms with Crippen molar-refractivity contribution in [2.45, 2.75) is 44.6 Å². The molecule has 1 aliphatic rings. The first-order valence-corrected chi connectivity index (χ1v) is 7.26. The summed E-state index contributed by atoms with van der Waals surface area (Å²) < 4.78 is 0. The highest BCUT2D eigenvalue weighted by molar-refractivity contribution is 6.30. The van der Waals surface area contributed by atoms with Crippen LogP contribution in [-0.2, 0) is 4.79 Å². The summed E-state index contributed by atoms with van der Waals surface area (Å²) in [5, 5.41) is 6.93. The Balaban J connectivity index is 1.79. The van der Waals surface area contributed by atoms with E-state index in [1.165, 1.54) is 19.3 Å². The van der Waals surface area contributed by atoms with Crippen molar-refractivity contribution in [1.29, 1.82) is 0 Å². The van der Waals surface area contributed by atoms with Crippen LogP contribution in [0.4, 0.5) is 5.69 Å². The Bertz CT molecular complexity index is 424. The molecule has 0 unspecified atom stereocenters. The molecule has 1 aliphatic carbocycles.